The monoisotopic (exact) mass is 370 g/mol. The van der Waals surface area contributed by atoms with E-state index >= 15 is 0 Å². The van der Waals surface area contributed by atoms with Gasteiger partial charge in [-0.2, -0.15) is 0 Å². The quantitative estimate of drug-likeness (QED) is 0.505. The number of rotatable bonds is 6. The number of nitrogens with one attached hydrogen (secondary N) is 3. The molecule has 0 fully saturated rings. The maximum absolute atomic E-state index is 11.5. The van der Waals surface area contributed by atoms with Crippen LogP contribution in [0.4, 0.5) is 0 Å². The number of nitrogens with zero attached hydrogens (tertiary/aromatic N) is 1. The molecule has 0 aliphatic rings. The maximum Gasteiger partial charge on any atom is 0.248 e. The second kappa shape index (κ2) is 10.0. The summed E-state index contributed by atoms with van der Waals surface area (Å²) in [7, 11) is 1.00. The number of pyridine rings is 3. The molecule has 0 saturated carbocycles. The second-order valence-corrected chi connectivity index (χ2v) is 5.77. The van der Waals surface area contributed by atoms with E-state index in [0.29, 0.717) is 19.6 Å². The van der Waals surface area contributed by atoms with Gasteiger partial charge in [0.05, 0.1) is 0 Å². The average molecular weight is 370 g/mol. The van der Waals surface area contributed by atoms with Crippen LogP contribution >= 0.6 is 0 Å². The van der Waals surface area contributed by atoms with Gasteiger partial charge in [-0.25, -0.2) is 0 Å². The van der Waals surface area contributed by atoms with E-state index in [1.54, 1.807) is 18.2 Å². The number of hydrogen-bond donors (Lipinski definition) is 4. The number of aliphatic hydroxyl groups excluding tert-OH is 1. The molecule has 3 aromatic rings. The Morgan fingerprint density at radius 1 is 0.630 bits per heavy atom. The zero-order chi connectivity index (χ0) is 19.6. The molecule has 3 rings (SSSR count). The summed E-state index contributed by atoms with van der Waals surface area (Å²) in [6.45, 7) is 1.39. The van der Waals surface area contributed by atoms with Crippen molar-refractivity contribution in [3.8, 4) is 0 Å². The molecule has 3 heterocycles. The SMILES string of the molecule is CO.O=c1cccc(CN(Cc2cccc(=O)[nH]2)Cc2cccc(=O)[nH]2)[nH]1. The Morgan fingerprint density at radius 2 is 0.926 bits per heavy atom. The fraction of sp³-hybridized carbons (Fsp3) is 0.211. The minimum atomic E-state index is -0.168. The fourth-order valence-electron chi connectivity index (χ4n) is 2.65. The normalized spacial score (nSPS) is 10.3. The van der Waals surface area contributed by atoms with E-state index in [4.69, 9.17) is 5.11 Å². The van der Waals surface area contributed by atoms with Gasteiger partial charge >= 0.3 is 0 Å². The van der Waals surface area contributed by atoms with Gasteiger partial charge in [0.15, 0.2) is 0 Å². The summed E-state index contributed by atoms with van der Waals surface area (Å²) in [4.78, 5) is 44.9. The van der Waals surface area contributed by atoms with Gasteiger partial charge in [-0.05, 0) is 18.2 Å². The molecule has 0 aliphatic carbocycles. The standard InChI is InChI=1S/C18H18N4O3.CH4O/c23-16-7-1-4-13(19-16)10-22(11-14-5-2-8-17(24)20-14)12-15-6-3-9-18(25)21-15;1-2/h1-9H,10-12H2,(H,19,23)(H,20,24)(H,21,25);2H,1H3. The molecule has 0 aliphatic heterocycles. The molecule has 0 spiro atoms. The van der Waals surface area contributed by atoms with Crippen molar-refractivity contribution in [1.29, 1.82) is 0 Å². The molecule has 0 radical (unpaired) electrons. The lowest BCUT2D eigenvalue weighted by Gasteiger charge is -2.22. The van der Waals surface area contributed by atoms with Crippen molar-refractivity contribution in [3.05, 3.63) is 103 Å². The van der Waals surface area contributed by atoms with Crippen molar-refractivity contribution in [2.75, 3.05) is 7.11 Å². The van der Waals surface area contributed by atoms with Gasteiger partial charge in [-0.1, -0.05) is 18.2 Å². The summed E-state index contributed by atoms with van der Waals surface area (Å²) in [6, 6.07) is 14.9. The van der Waals surface area contributed by atoms with Gasteiger partial charge in [-0.3, -0.25) is 19.3 Å². The minimum Gasteiger partial charge on any atom is -0.400 e. The number of aromatic nitrogens is 3. The van der Waals surface area contributed by atoms with E-state index in [9.17, 15) is 14.4 Å². The Bertz CT molecular complexity index is 890. The molecule has 0 aromatic carbocycles. The minimum absolute atomic E-state index is 0.168. The lowest BCUT2D eigenvalue weighted by molar-refractivity contribution is 0.238. The van der Waals surface area contributed by atoms with Gasteiger partial charge in [0.2, 0.25) is 16.7 Å². The Kier molecular flexibility index (Phi) is 7.48. The van der Waals surface area contributed by atoms with Crippen LogP contribution in [0.25, 0.3) is 0 Å². The number of aliphatic hydroxyl groups is 1. The second-order valence-electron chi connectivity index (χ2n) is 5.77. The first-order chi connectivity index (χ1) is 13.1. The Morgan fingerprint density at radius 3 is 1.19 bits per heavy atom. The van der Waals surface area contributed by atoms with Gasteiger partial charge in [0.25, 0.3) is 0 Å². The summed E-state index contributed by atoms with van der Waals surface area (Å²) in [5.41, 5.74) is 1.76. The van der Waals surface area contributed by atoms with Gasteiger partial charge in [0.1, 0.15) is 0 Å². The summed E-state index contributed by atoms with van der Waals surface area (Å²) in [6.07, 6.45) is 0. The van der Waals surface area contributed by atoms with Crippen molar-refractivity contribution in [1.82, 2.24) is 19.9 Å². The Hall–Kier alpha value is -3.23. The summed E-state index contributed by atoms with van der Waals surface area (Å²) >= 11 is 0. The largest absolute Gasteiger partial charge is 0.400 e. The molecule has 8 heteroatoms. The van der Waals surface area contributed by atoms with Crippen molar-refractivity contribution >= 4 is 0 Å². The van der Waals surface area contributed by atoms with E-state index in [2.05, 4.69) is 15.0 Å². The maximum atomic E-state index is 11.5. The van der Waals surface area contributed by atoms with Gasteiger partial charge < -0.3 is 20.1 Å². The molecule has 8 nitrogen and oxygen atoms in total. The van der Waals surface area contributed by atoms with Crippen LogP contribution in [0.3, 0.4) is 0 Å². The predicted octanol–water partition coefficient (Wildman–Crippen LogP) is 0.562. The molecule has 0 amide bonds. The first-order valence-electron chi connectivity index (χ1n) is 8.30. The van der Waals surface area contributed by atoms with E-state index in [1.807, 2.05) is 23.1 Å². The van der Waals surface area contributed by atoms with E-state index < -0.39 is 0 Å². The van der Waals surface area contributed by atoms with Crippen molar-refractivity contribution < 1.29 is 5.11 Å². The fourth-order valence-corrected chi connectivity index (χ4v) is 2.65. The van der Waals surface area contributed by atoms with Crippen LogP contribution in [0, 0.1) is 0 Å². The molecule has 27 heavy (non-hydrogen) atoms. The lowest BCUT2D eigenvalue weighted by atomic mass is 10.2. The smallest absolute Gasteiger partial charge is 0.248 e. The molecule has 142 valence electrons. The third-order valence-corrected chi connectivity index (χ3v) is 3.67. The number of hydrogen-bond acceptors (Lipinski definition) is 5. The van der Waals surface area contributed by atoms with Crippen LogP contribution in [0.1, 0.15) is 17.1 Å². The molecule has 0 saturated heterocycles. The van der Waals surface area contributed by atoms with Crippen LogP contribution in [-0.4, -0.2) is 32.1 Å². The number of H-pyrrole nitrogens is 3. The summed E-state index contributed by atoms with van der Waals surface area (Å²) < 4.78 is 0. The molecule has 4 N–H and O–H groups in total. The van der Waals surface area contributed by atoms with E-state index in [1.165, 1.54) is 18.2 Å². The Labute approximate surface area is 155 Å². The highest BCUT2D eigenvalue weighted by molar-refractivity contribution is 5.09. The van der Waals surface area contributed by atoms with Gasteiger partial charge in [0, 0.05) is 62.0 Å². The van der Waals surface area contributed by atoms with Crippen molar-refractivity contribution in [3.63, 3.8) is 0 Å². The third kappa shape index (κ3) is 6.53. The zero-order valence-corrected chi connectivity index (χ0v) is 14.9. The first kappa shape index (κ1) is 20.1. The van der Waals surface area contributed by atoms with Crippen molar-refractivity contribution in [2.45, 2.75) is 19.6 Å². The average Bonchev–Trinajstić information content (AvgIpc) is 2.63. The number of aromatic amines is 3. The highest BCUT2D eigenvalue weighted by Crippen LogP contribution is 2.09. The predicted molar refractivity (Wildman–Crippen MR) is 102 cm³/mol. The highest BCUT2D eigenvalue weighted by atomic mass is 16.2. The van der Waals surface area contributed by atoms with Gasteiger partial charge in [-0.15, -0.1) is 0 Å². The van der Waals surface area contributed by atoms with Crippen LogP contribution in [0.15, 0.2) is 69.0 Å². The summed E-state index contributed by atoms with van der Waals surface area (Å²) in [5.74, 6) is 0. The lowest BCUT2D eigenvalue weighted by Crippen LogP contribution is -2.26. The molecular weight excluding hydrogens is 348 g/mol. The van der Waals surface area contributed by atoms with E-state index in [0.717, 1.165) is 24.2 Å². The molecule has 0 bridgehead atoms. The van der Waals surface area contributed by atoms with E-state index in [-0.39, 0.29) is 16.7 Å². The van der Waals surface area contributed by atoms with Crippen LogP contribution in [-0.2, 0) is 19.6 Å². The highest BCUT2D eigenvalue weighted by Gasteiger charge is 2.10. The molecular formula is C19H22N4O4. The zero-order valence-electron chi connectivity index (χ0n) is 14.9. The van der Waals surface area contributed by atoms with Crippen LogP contribution < -0.4 is 16.7 Å². The van der Waals surface area contributed by atoms with Crippen LogP contribution in [0.5, 0.6) is 0 Å². The van der Waals surface area contributed by atoms with Crippen molar-refractivity contribution in [2.24, 2.45) is 0 Å². The Balaban J connectivity index is 0.00000126. The first-order valence-corrected chi connectivity index (χ1v) is 8.30. The molecule has 0 unspecified atom stereocenters. The molecule has 0 atom stereocenters. The topological polar surface area (TPSA) is 122 Å². The third-order valence-electron chi connectivity index (χ3n) is 3.67. The van der Waals surface area contributed by atoms with Crippen LogP contribution in [0.2, 0.25) is 0 Å². The summed E-state index contributed by atoms with van der Waals surface area (Å²) in [5, 5.41) is 7.00. The molecule has 3 aromatic heterocycles.